The minimum Gasteiger partial charge on any atom is -0.399 e. The minimum absolute atomic E-state index is 0.190. The number of hydrogen-bond donors (Lipinski definition) is 2. The smallest absolute Gasteiger partial charge is 0.126 e. The second-order valence-electron chi connectivity index (χ2n) is 4.16. The number of benzene rings is 2. The van der Waals surface area contributed by atoms with Crippen molar-refractivity contribution in [2.45, 2.75) is 13.8 Å². The molecule has 3 heteroatoms. The molecule has 0 saturated heterocycles. The molecule has 88 valence electrons. The normalized spacial score (nSPS) is 10.3. The number of hydrogen-bond acceptors (Lipinski definition) is 2. The Labute approximate surface area is 100 Å². The highest BCUT2D eigenvalue weighted by Crippen LogP contribution is 2.23. The molecular formula is C14H15FN2. The van der Waals surface area contributed by atoms with Gasteiger partial charge in [-0.1, -0.05) is 0 Å². The van der Waals surface area contributed by atoms with Crippen LogP contribution in [-0.4, -0.2) is 0 Å². The van der Waals surface area contributed by atoms with Crippen LogP contribution in [0.5, 0.6) is 0 Å². The summed E-state index contributed by atoms with van der Waals surface area (Å²) in [4.78, 5) is 0. The van der Waals surface area contributed by atoms with Crippen molar-refractivity contribution < 1.29 is 4.39 Å². The Morgan fingerprint density at radius 1 is 1.00 bits per heavy atom. The van der Waals surface area contributed by atoms with Crippen LogP contribution in [0.15, 0.2) is 36.4 Å². The third kappa shape index (κ3) is 2.56. The molecule has 17 heavy (non-hydrogen) atoms. The van der Waals surface area contributed by atoms with Gasteiger partial charge in [0.05, 0.1) is 0 Å². The van der Waals surface area contributed by atoms with Crippen LogP contribution in [0, 0.1) is 19.7 Å². The molecule has 2 rings (SSSR count). The van der Waals surface area contributed by atoms with E-state index in [-0.39, 0.29) is 5.82 Å². The Morgan fingerprint density at radius 2 is 1.76 bits per heavy atom. The standard InChI is InChI=1S/C14H15FN2/c1-9-8-12(4-5-13(9)15)17-14-6-3-11(16)7-10(14)2/h3-8,17H,16H2,1-2H3. The van der Waals surface area contributed by atoms with Crippen molar-refractivity contribution in [1.82, 2.24) is 0 Å². The van der Waals surface area contributed by atoms with Gasteiger partial charge in [-0.3, -0.25) is 0 Å². The monoisotopic (exact) mass is 230 g/mol. The van der Waals surface area contributed by atoms with Crippen molar-refractivity contribution in [3.63, 3.8) is 0 Å². The Bertz CT molecular complexity index is 550. The first-order chi connectivity index (χ1) is 8.06. The van der Waals surface area contributed by atoms with Gasteiger partial charge < -0.3 is 11.1 Å². The first-order valence-corrected chi connectivity index (χ1v) is 5.45. The maximum atomic E-state index is 13.1. The summed E-state index contributed by atoms with van der Waals surface area (Å²) in [6, 6.07) is 10.6. The second-order valence-corrected chi connectivity index (χ2v) is 4.16. The van der Waals surface area contributed by atoms with Crippen LogP contribution in [-0.2, 0) is 0 Å². The number of halogens is 1. The lowest BCUT2D eigenvalue weighted by atomic mass is 10.1. The van der Waals surface area contributed by atoms with Gasteiger partial charge in [-0.2, -0.15) is 0 Å². The molecule has 0 aliphatic rings. The lowest BCUT2D eigenvalue weighted by Gasteiger charge is -2.11. The van der Waals surface area contributed by atoms with Crippen molar-refractivity contribution in [2.24, 2.45) is 0 Å². The summed E-state index contributed by atoms with van der Waals surface area (Å²) in [5, 5.41) is 3.25. The van der Waals surface area contributed by atoms with E-state index in [4.69, 9.17) is 5.73 Å². The zero-order valence-electron chi connectivity index (χ0n) is 9.92. The van der Waals surface area contributed by atoms with Crippen LogP contribution < -0.4 is 11.1 Å². The molecule has 0 heterocycles. The fraction of sp³-hybridized carbons (Fsp3) is 0.143. The quantitative estimate of drug-likeness (QED) is 0.771. The zero-order chi connectivity index (χ0) is 12.4. The molecular weight excluding hydrogens is 215 g/mol. The number of aryl methyl sites for hydroxylation is 2. The van der Waals surface area contributed by atoms with Gasteiger partial charge in [0.25, 0.3) is 0 Å². The van der Waals surface area contributed by atoms with Gasteiger partial charge in [0.1, 0.15) is 5.82 Å². The first kappa shape index (κ1) is 11.5. The molecule has 0 radical (unpaired) electrons. The molecule has 0 aliphatic heterocycles. The summed E-state index contributed by atoms with van der Waals surface area (Å²) in [5.41, 5.74) is 9.97. The first-order valence-electron chi connectivity index (χ1n) is 5.45. The van der Waals surface area contributed by atoms with Gasteiger partial charge in [0.2, 0.25) is 0 Å². The fourth-order valence-electron chi connectivity index (χ4n) is 1.71. The Hall–Kier alpha value is -2.03. The predicted octanol–water partition coefficient (Wildman–Crippen LogP) is 3.77. The average molecular weight is 230 g/mol. The molecule has 0 aliphatic carbocycles. The van der Waals surface area contributed by atoms with Crippen LogP contribution in [0.4, 0.5) is 21.5 Å². The van der Waals surface area contributed by atoms with Gasteiger partial charge in [0.15, 0.2) is 0 Å². The molecule has 2 nitrogen and oxygen atoms in total. The fourth-order valence-corrected chi connectivity index (χ4v) is 1.71. The average Bonchev–Trinajstić information content (AvgIpc) is 2.27. The van der Waals surface area contributed by atoms with Gasteiger partial charge in [-0.25, -0.2) is 4.39 Å². The molecule has 2 aromatic rings. The lowest BCUT2D eigenvalue weighted by Crippen LogP contribution is -1.95. The molecule has 3 N–H and O–H groups in total. The van der Waals surface area contributed by atoms with E-state index in [0.29, 0.717) is 5.56 Å². The van der Waals surface area contributed by atoms with Crippen molar-refractivity contribution in [3.8, 4) is 0 Å². The SMILES string of the molecule is Cc1cc(Nc2ccc(N)cc2C)ccc1F. The van der Waals surface area contributed by atoms with E-state index in [9.17, 15) is 4.39 Å². The highest BCUT2D eigenvalue weighted by Gasteiger charge is 2.02. The van der Waals surface area contributed by atoms with E-state index in [1.807, 2.05) is 25.1 Å². The summed E-state index contributed by atoms with van der Waals surface area (Å²) in [7, 11) is 0. The third-order valence-corrected chi connectivity index (χ3v) is 2.69. The lowest BCUT2D eigenvalue weighted by molar-refractivity contribution is 0.619. The van der Waals surface area contributed by atoms with E-state index < -0.39 is 0 Å². The number of nitrogens with one attached hydrogen (secondary N) is 1. The summed E-state index contributed by atoms with van der Waals surface area (Å²) in [5.74, 6) is -0.190. The molecule has 0 unspecified atom stereocenters. The van der Waals surface area contributed by atoms with Crippen molar-refractivity contribution in [2.75, 3.05) is 11.1 Å². The van der Waals surface area contributed by atoms with Gasteiger partial charge in [0, 0.05) is 17.1 Å². The maximum absolute atomic E-state index is 13.1. The predicted molar refractivity (Wildman–Crippen MR) is 70.0 cm³/mol. The number of nitrogen functional groups attached to an aromatic ring is 1. The Morgan fingerprint density at radius 3 is 2.41 bits per heavy atom. The highest BCUT2D eigenvalue weighted by molar-refractivity contribution is 5.66. The number of anilines is 3. The van der Waals surface area contributed by atoms with E-state index >= 15 is 0 Å². The van der Waals surface area contributed by atoms with Crippen molar-refractivity contribution in [1.29, 1.82) is 0 Å². The molecule has 2 aromatic carbocycles. The van der Waals surface area contributed by atoms with E-state index in [2.05, 4.69) is 5.32 Å². The molecule has 0 amide bonds. The topological polar surface area (TPSA) is 38.0 Å². The third-order valence-electron chi connectivity index (χ3n) is 2.69. The molecule has 0 atom stereocenters. The molecule has 0 fully saturated rings. The van der Waals surface area contributed by atoms with Crippen LogP contribution in [0.1, 0.15) is 11.1 Å². The molecule has 0 spiro atoms. The Kier molecular flexibility index (Phi) is 3.00. The highest BCUT2D eigenvalue weighted by atomic mass is 19.1. The van der Waals surface area contributed by atoms with Crippen molar-refractivity contribution in [3.05, 3.63) is 53.3 Å². The maximum Gasteiger partial charge on any atom is 0.126 e. The summed E-state index contributed by atoms with van der Waals surface area (Å²) >= 11 is 0. The van der Waals surface area contributed by atoms with Crippen LogP contribution in [0.3, 0.4) is 0 Å². The Balaban J connectivity index is 2.28. The second kappa shape index (κ2) is 4.45. The van der Waals surface area contributed by atoms with Gasteiger partial charge in [-0.05, 0) is 61.4 Å². The van der Waals surface area contributed by atoms with E-state index in [1.54, 1.807) is 19.1 Å². The number of nitrogens with two attached hydrogens (primary N) is 1. The van der Waals surface area contributed by atoms with Crippen molar-refractivity contribution >= 4 is 17.1 Å². The zero-order valence-corrected chi connectivity index (χ0v) is 9.92. The molecule has 0 bridgehead atoms. The van der Waals surface area contributed by atoms with Gasteiger partial charge in [-0.15, -0.1) is 0 Å². The van der Waals surface area contributed by atoms with Crippen LogP contribution >= 0.6 is 0 Å². The largest absolute Gasteiger partial charge is 0.399 e. The van der Waals surface area contributed by atoms with E-state index in [1.165, 1.54) is 6.07 Å². The van der Waals surface area contributed by atoms with E-state index in [0.717, 1.165) is 22.6 Å². The molecule has 0 aromatic heterocycles. The number of rotatable bonds is 2. The minimum atomic E-state index is -0.190. The molecule has 0 saturated carbocycles. The summed E-state index contributed by atoms with van der Waals surface area (Å²) in [6.45, 7) is 3.73. The van der Waals surface area contributed by atoms with Crippen LogP contribution in [0.2, 0.25) is 0 Å². The summed E-state index contributed by atoms with van der Waals surface area (Å²) in [6.07, 6.45) is 0. The van der Waals surface area contributed by atoms with Gasteiger partial charge >= 0.3 is 0 Å². The summed E-state index contributed by atoms with van der Waals surface area (Å²) < 4.78 is 13.1. The van der Waals surface area contributed by atoms with Crippen LogP contribution in [0.25, 0.3) is 0 Å².